The van der Waals surface area contributed by atoms with Gasteiger partial charge < -0.3 is 15.7 Å². The number of rotatable bonds is 2. The molecule has 0 saturated carbocycles. The maximum absolute atomic E-state index is 9.79. The minimum Gasteiger partial charge on any atom is -0.506 e. The standard InChI is InChI=1S/C13H13ClN4O/c14-13-17-10-7-15-6-5-8(10)12(18-13)16-9-3-1-2-4-11(9)19/h1-4,15,19H,5-7H2,(H,16,17,18). The number of aromatic nitrogens is 2. The molecule has 0 saturated heterocycles. The van der Waals surface area contributed by atoms with E-state index >= 15 is 0 Å². The minimum atomic E-state index is 0.180. The van der Waals surface area contributed by atoms with E-state index in [4.69, 9.17) is 11.6 Å². The summed E-state index contributed by atoms with van der Waals surface area (Å²) in [7, 11) is 0. The number of halogens is 1. The molecule has 0 bridgehead atoms. The normalized spacial score (nSPS) is 13.9. The van der Waals surface area contributed by atoms with Crippen LogP contribution in [0.5, 0.6) is 5.75 Å². The maximum atomic E-state index is 9.79. The number of aromatic hydroxyl groups is 1. The summed E-state index contributed by atoms with van der Waals surface area (Å²) in [5.74, 6) is 0.845. The number of hydrogen-bond acceptors (Lipinski definition) is 5. The topological polar surface area (TPSA) is 70.1 Å². The van der Waals surface area contributed by atoms with Crippen LogP contribution >= 0.6 is 11.6 Å². The summed E-state index contributed by atoms with van der Waals surface area (Å²) >= 11 is 5.94. The molecule has 1 aromatic heterocycles. The van der Waals surface area contributed by atoms with Crippen LogP contribution in [0.3, 0.4) is 0 Å². The lowest BCUT2D eigenvalue weighted by molar-refractivity contribution is 0.477. The number of nitrogens with zero attached hydrogens (tertiary/aromatic N) is 2. The van der Waals surface area contributed by atoms with E-state index in [-0.39, 0.29) is 11.0 Å². The average Bonchev–Trinajstić information content (AvgIpc) is 2.41. The first-order valence-corrected chi connectivity index (χ1v) is 6.43. The Kier molecular flexibility index (Phi) is 3.23. The molecule has 0 fully saturated rings. The summed E-state index contributed by atoms with van der Waals surface area (Å²) < 4.78 is 0. The van der Waals surface area contributed by atoms with Crippen LogP contribution in [-0.4, -0.2) is 21.6 Å². The third kappa shape index (κ3) is 2.47. The van der Waals surface area contributed by atoms with E-state index < -0.39 is 0 Å². The third-order valence-corrected chi connectivity index (χ3v) is 3.24. The highest BCUT2D eigenvalue weighted by Gasteiger charge is 2.17. The zero-order valence-electron chi connectivity index (χ0n) is 10.2. The molecule has 19 heavy (non-hydrogen) atoms. The van der Waals surface area contributed by atoms with Gasteiger partial charge in [0.25, 0.3) is 0 Å². The zero-order valence-corrected chi connectivity index (χ0v) is 10.9. The Bertz CT molecular complexity index is 618. The molecular weight excluding hydrogens is 264 g/mol. The van der Waals surface area contributed by atoms with Crippen LogP contribution in [0.1, 0.15) is 11.3 Å². The largest absolute Gasteiger partial charge is 0.506 e. The highest BCUT2D eigenvalue weighted by atomic mass is 35.5. The molecular formula is C13H13ClN4O. The van der Waals surface area contributed by atoms with Crippen LogP contribution in [0.4, 0.5) is 11.5 Å². The van der Waals surface area contributed by atoms with Crippen molar-refractivity contribution in [2.24, 2.45) is 0 Å². The second-order valence-corrected chi connectivity index (χ2v) is 4.67. The SMILES string of the molecule is Oc1ccccc1Nc1nc(Cl)nc2c1CCNC2. The fourth-order valence-electron chi connectivity index (χ4n) is 2.14. The van der Waals surface area contributed by atoms with E-state index in [0.29, 0.717) is 18.1 Å². The summed E-state index contributed by atoms with van der Waals surface area (Å²) in [5.41, 5.74) is 2.56. The van der Waals surface area contributed by atoms with Gasteiger partial charge in [0.05, 0.1) is 11.4 Å². The summed E-state index contributed by atoms with van der Waals surface area (Å²) in [6.07, 6.45) is 0.836. The fourth-order valence-corrected chi connectivity index (χ4v) is 2.33. The van der Waals surface area contributed by atoms with Gasteiger partial charge in [0, 0.05) is 12.1 Å². The maximum Gasteiger partial charge on any atom is 0.224 e. The molecule has 0 atom stereocenters. The van der Waals surface area contributed by atoms with Gasteiger partial charge in [-0.1, -0.05) is 12.1 Å². The highest BCUT2D eigenvalue weighted by molar-refractivity contribution is 6.28. The lowest BCUT2D eigenvalue weighted by Crippen LogP contribution is -2.26. The average molecular weight is 277 g/mol. The molecule has 0 unspecified atom stereocenters. The van der Waals surface area contributed by atoms with E-state index in [2.05, 4.69) is 20.6 Å². The van der Waals surface area contributed by atoms with Gasteiger partial charge in [-0.05, 0) is 36.7 Å². The van der Waals surface area contributed by atoms with Crippen molar-refractivity contribution >= 4 is 23.1 Å². The van der Waals surface area contributed by atoms with E-state index in [1.165, 1.54) is 0 Å². The molecule has 3 rings (SSSR count). The number of phenolic OH excluding ortho intramolecular Hbond substituents is 1. The molecule has 6 heteroatoms. The van der Waals surface area contributed by atoms with Crippen molar-refractivity contribution in [3.8, 4) is 5.75 Å². The van der Waals surface area contributed by atoms with Gasteiger partial charge in [-0.2, -0.15) is 0 Å². The summed E-state index contributed by atoms with van der Waals surface area (Å²) in [6.45, 7) is 1.57. The molecule has 0 spiro atoms. The number of benzene rings is 1. The minimum absolute atomic E-state index is 0.180. The van der Waals surface area contributed by atoms with E-state index in [9.17, 15) is 5.11 Å². The second-order valence-electron chi connectivity index (χ2n) is 4.34. The van der Waals surface area contributed by atoms with E-state index in [1.54, 1.807) is 18.2 Å². The van der Waals surface area contributed by atoms with Crippen molar-refractivity contribution < 1.29 is 5.11 Å². The molecule has 0 radical (unpaired) electrons. The van der Waals surface area contributed by atoms with Gasteiger partial charge in [0.2, 0.25) is 5.28 Å². The molecule has 3 N–H and O–H groups in total. The van der Waals surface area contributed by atoms with Crippen LogP contribution in [0.15, 0.2) is 24.3 Å². The van der Waals surface area contributed by atoms with Gasteiger partial charge in [0.1, 0.15) is 11.6 Å². The Balaban J connectivity index is 2.01. The molecule has 5 nitrogen and oxygen atoms in total. The van der Waals surface area contributed by atoms with Gasteiger partial charge in [0.15, 0.2) is 0 Å². The van der Waals surface area contributed by atoms with Crippen molar-refractivity contribution in [2.45, 2.75) is 13.0 Å². The Morgan fingerprint density at radius 1 is 1.26 bits per heavy atom. The highest BCUT2D eigenvalue weighted by Crippen LogP contribution is 2.29. The number of nitrogens with one attached hydrogen (secondary N) is 2. The predicted octanol–water partition coefficient (Wildman–Crippen LogP) is 2.22. The monoisotopic (exact) mass is 276 g/mol. The third-order valence-electron chi connectivity index (χ3n) is 3.07. The van der Waals surface area contributed by atoms with E-state index in [1.807, 2.05) is 6.07 Å². The van der Waals surface area contributed by atoms with Crippen molar-refractivity contribution in [1.82, 2.24) is 15.3 Å². The van der Waals surface area contributed by atoms with Gasteiger partial charge in [-0.3, -0.25) is 0 Å². The summed E-state index contributed by atoms with van der Waals surface area (Å²) in [5, 5.41) is 16.4. The number of para-hydroxylation sites is 2. The molecule has 1 aliphatic rings. The summed E-state index contributed by atoms with van der Waals surface area (Å²) in [6, 6.07) is 7.03. The van der Waals surface area contributed by atoms with Crippen molar-refractivity contribution in [3.05, 3.63) is 40.8 Å². The van der Waals surface area contributed by atoms with Gasteiger partial charge >= 0.3 is 0 Å². The zero-order chi connectivity index (χ0) is 13.2. The molecule has 2 aromatic rings. The van der Waals surface area contributed by atoms with Gasteiger partial charge in [-0.15, -0.1) is 0 Å². The van der Waals surface area contributed by atoms with Crippen molar-refractivity contribution in [3.63, 3.8) is 0 Å². The first-order valence-electron chi connectivity index (χ1n) is 6.05. The van der Waals surface area contributed by atoms with Crippen LogP contribution in [0, 0.1) is 0 Å². The van der Waals surface area contributed by atoms with Crippen LogP contribution in [0.25, 0.3) is 0 Å². The fraction of sp³-hybridized carbons (Fsp3) is 0.231. The number of hydrogen-bond donors (Lipinski definition) is 3. The quantitative estimate of drug-likeness (QED) is 0.580. The second kappa shape index (κ2) is 5.03. The molecule has 1 aromatic carbocycles. The number of phenols is 1. The smallest absolute Gasteiger partial charge is 0.224 e. The predicted molar refractivity (Wildman–Crippen MR) is 73.8 cm³/mol. The number of fused-ring (bicyclic) bond motifs is 1. The van der Waals surface area contributed by atoms with E-state index in [0.717, 1.165) is 24.2 Å². The molecule has 0 amide bonds. The molecule has 98 valence electrons. The Hall–Kier alpha value is -1.85. The van der Waals surface area contributed by atoms with Crippen LogP contribution in [0.2, 0.25) is 5.28 Å². The Morgan fingerprint density at radius 3 is 2.95 bits per heavy atom. The van der Waals surface area contributed by atoms with Crippen molar-refractivity contribution in [2.75, 3.05) is 11.9 Å². The van der Waals surface area contributed by atoms with Crippen LogP contribution in [-0.2, 0) is 13.0 Å². The molecule has 1 aliphatic heterocycles. The van der Waals surface area contributed by atoms with Crippen molar-refractivity contribution in [1.29, 1.82) is 0 Å². The Labute approximate surface area is 115 Å². The first-order chi connectivity index (χ1) is 9.24. The molecule has 2 heterocycles. The van der Waals surface area contributed by atoms with Gasteiger partial charge in [-0.25, -0.2) is 9.97 Å². The lowest BCUT2D eigenvalue weighted by Gasteiger charge is -2.19. The number of anilines is 2. The Morgan fingerprint density at radius 2 is 2.11 bits per heavy atom. The molecule has 0 aliphatic carbocycles. The van der Waals surface area contributed by atoms with Crippen LogP contribution < -0.4 is 10.6 Å². The first kappa shape index (κ1) is 12.2. The lowest BCUT2D eigenvalue weighted by atomic mass is 10.1. The summed E-state index contributed by atoms with van der Waals surface area (Å²) in [4.78, 5) is 8.45.